The highest BCUT2D eigenvalue weighted by Gasteiger charge is 2.60. The molecule has 4 amide bonds. The molecule has 0 spiro atoms. The van der Waals surface area contributed by atoms with Crippen molar-refractivity contribution < 1.29 is 193 Å². The van der Waals surface area contributed by atoms with Gasteiger partial charge in [0.25, 0.3) is 5.79 Å². The average molecular weight is 1410 g/mol. The molecule has 6 fully saturated rings. The van der Waals surface area contributed by atoms with Crippen molar-refractivity contribution in [2.24, 2.45) is 0 Å². The lowest BCUT2D eigenvalue weighted by Crippen LogP contribution is -2.70. The van der Waals surface area contributed by atoms with Crippen molar-refractivity contribution in [1.82, 2.24) is 21.3 Å². The lowest BCUT2D eigenvalue weighted by atomic mass is 9.88. The standard InChI is InChI=1S/C53H90N4O39/c1-14(65)54-18(6-58)41(30(72)20(70)7-59)91-50-39(81)45(33(75)22(9-61)86-50)94-48-29(57-17(4)68)36(78)43(25(12-64)89-48)93-51-40(82)46(34(76)23(10-62)87-51)95-47-28(56-16(3)67)35(77)42(24(11-63)88-47)92-49-38(80)37(79)32(74)26(90-49)13-85-53(52(83)84)5-19(69)27(55-15(2)66)44(96-53)31(73)21(71)8-60/h18-51,58-64,69-82H,5-13H2,1-4H3,(H,54,65)(H,55,66)(H,56,67)(H,57,68)(H,83,84)/t18-,19-,20+,21+,22+,23+,24+,25+,26+,27+,28+,29+,30-,31+,32-,33-,34-,35+,36+,37-,38+,39+,40+,41+,42+,43+,44+,45-,46-,47-,48-,49-,50-,51-,53+/m0/s1. The van der Waals surface area contributed by atoms with E-state index in [1.807, 2.05) is 0 Å². The van der Waals surface area contributed by atoms with E-state index in [9.17, 15) is 136 Å². The molecule has 6 rings (SSSR count). The Morgan fingerprint density at radius 3 is 1.30 bits per heavy atom. The molecule has 556 valence electrons. The van der Waals surface area contributed by atoms with Crippen LogP contribution in [0, 0.1) is 0 Å². The number of carboxylic acid groups (broad SMARTS) is 1. The Morgan fingerprint density at radius 1 is 0.458 bits per heavy atom. The third-order valence-corrected chi connectivity index (χ3v) is 16.8. The maximum Gasteiger partial charge on any atom is 0.364 e. The van der Waals surface area contributed by atoms with Gasteiger partial charge in [-0.05, 0) is 0 Å². The number of carboxylic acids is 1. The number of carbonyl (C=O) groups is 5. The Kier molecular flexibility index (Phi) is 30.0. The second-order valence-electron chi connectivity index (χ2n) is 23.7. The number of aliphatic hydroxyl groups excluding tert-OH is 21. The van der Waals surface area contributed by atoms with Gasteiger partial charge in [-0.3, -0.25) is 19.2 Å². The minimum Gasteiger partial charge on any atom is -0.477 e. The molecule has 6 aliphatic heterocycles. The van der Waals surface area contributed by atoms with Crippen molar-refractivity contribution in [3.63, 3.8) is 0 Å². The predicted molar refractivity (Wildman–Crippen MR) is 298 cm³/mol. The molecule has 0 aromatic heterocycles. The monoisotopic (exact) mass is 1410 g/mol. The fourth-order valence-electron chi connectivity index (χ4n) is 11.8. The van der Waals surface area contributed by atoms with Gasteiger partial charge in [0, 0.05) is 34.1 Å². The summed E-state index contributed by atoms with van der Waals surface area (Å²) >= 11 is 0. The van der Waals surface area contributed by atoms with Crippen molar-refractivity contribution in [2.75, 3.05) is 52.9 Å². The van der Waals surface area contributed by atoms with Crippen LogP contribution in [0.4, 0.5) is 0 Å². The summed E-state index contributed by atoms with van der Waals surface area (Å²) in [7, 11) is 0. The molecule has 0 saturated carbocycles. The van der Waals surface area contributed by atoms with Crippen molar-refractivity contribution in [3.8, 4) is 0 Å². The van der Waals surface area contributed by atoms with Crippen LogP contribution in [0.25, 0.3) is 0 Å². The zero-order valence-corrected chi connectivity index (χ0v) is 51.8. The van der Waals surface area contributed by atoms with E-state index in [4.69, 9.17) is 56.8 Å². The summed E-state index contributed by atoms with van der Waals surface area (Å²) in [4.78, 5) is 62.4. The van der Waals surface area contributed by atoms with Gasteiger partial charge in [0.1, 0.15) is 159 Å². The van der Waals surface area contributed by atoms with E-state index < -0.39 is 303 Å². The minimum absolute atomic E-state index is 0.792. The molecule has 0 aromatic carbocycles. The Bertz CT molecular complexity index is 2490. The maximum atomic E-state index is 12.8. The van der Waals surface area contributed by atoms with Crippen LogP contribution in [0.1, 0.15) is 34.1 Å². The first-order chi connectivity index (χ1) is 45.2. The highest BCUT2D eigenvalue weighted by atomic mass is 16.8. The first kappa shape index (κ1) is 81.0. The number of hydrogen-bond donors (Lipinski definition) is 26. The number of hydrogen-bond acceptors (Lipinski definition) is 38. The summed E-state index contributed by atoms with van der Waals surface area (Å²) in [5.41, 5.74) is 0. The highest BCUT2D eigenvalue weighted by Crippen LogP contribution is 2.39. The molecule has 6 saturated heterocycles. The molecule has 6 heterocycles. The van der Waals surface area contributed by atoms with Crippen LogP contribution >= 0.6 is 0 Å². The number of aliphatic hydroxyl groups is 21. The Balaban J connectivity index is 1.21. The van der Waals surface area contributed by atoms with Gasteiger partial charge in [-0.1, -0.05) is 0 Å². The molecule has 0 unspecified atom stereocenters. The van der Waals surface area contributed by atoms with Crippen LogP contribution in [-0.4, -0.2) is 409 Å². The number of aliphatic carboxylic acids is 1. The molecule has 26 N–H and O–H groups in total. The van der Waals surface area contributed by atoms with Crippen LogP contribution in [0.5, 0.6) is 0 Å². The van der Waals surface area contributed by atoms with E-state index in [2.05, 4.69) is 21.3 Å². The average Bonchev–Trinajstić information content (AvgIpc) is 0.776. The van der Waals surface area contributed by atoms with Crippen molar-refractivity contribution in [2.45, 2.75) is 248 Å². The highest BCUT2D eigenvalue weighted by molar-refractivity contribution is 5.77. The molecule has 35 atom stereocenters. The fraction of sp³-hybridized carbons (Fsp3) is 0.906. The van der Waals surface area contributed by atoms with Gasteiger partial charge < -0.3 is 190 Å². The number of ether oxygens (including phenoxy) is 12. The number of carbonyl (C=O) groups excluding carboxylic acids is 4. The summed E-state index contributed by atoms with van der Waals surface area (Å²) in [6.45, 7) is -4.97. The molecule has 0 radical (unpaired) electrons. The van der Waals surface area contributed by atoms with Crippen molar-refractivity contribution in [1.29, 1.82) is 0 Å². The van der Waals surface area contributed by atoms with E-state index in [1.165, 1.54) is 0 Å². The summed E-state index contributed by atoms with van der Waals surface area (Å²) in [5.74, 6) is -8.50. The normalized spacial score (nSPS) is 42.6. The molecule has 96 heavy (non-hydrogen) atoms. The zero-order valence-electron chi connectivity index (χ0n) is 51.8. The number of amides is 4. The molecule has 0 bridgehead atoms. The Labute approximate surface area is 544 Å². The van der Waals surface area contributed by atoms with E-state index in [-0.39, 0.29) is 0 Å². The first-order valence-corrected chi connectivity index (χ1v) is 30.2. The van der Waals surface area contributed by atoms with E-state index >= 15 is 0 Å². The summed E-state index contributed by atoms with van der Waals surface area (Å²) in [6.07, 6.45) is -63.6. The molecular weight excluding hydrogens is 1320 g/mol. The van der Waals surface area contributed by atoms with E-state index in [1.54, 1.807) is 0 Å². The van der Waals surface area contributed by atoms with Crippen LogP contribution in [-0.2, 0) is 80.8 Å². The second-order valence-corrected chi connectivity index (χ2v) is 23.7. The smallest absolute Gasteiger partial charge is 0.364 e. The SMILES string of the molecule is CC(=O)N[C@H]1[C@H](O[C@H]2[C@@H](O)[C@@H](CO)O[C@@H](O[C@H]3[C@H](O)[C@@H](NC(C)=O)[C@H](O[C@H]4[C@@H](O)[C@@H](CO)O[C@@H](O[C@@H]([C@@H](O)[C@H](O)CO)[C@H](CO)NC(C)=O)[C@@H]4O)O[C@@H]3CO)[C@@H]2O)O[C@H](CO)[C@@H](O[C@@H]2O[C@H](CO[C@]3(C(=O)O)C[C@H](O)[C@@H](NC(C)=O)[C@H]([C@H](O)[C@H](O)CO)O3)[C@H](O)[C@H](O)[C@H]2O)[C@@H]1O. The van der Waals surface area contributed by atoms with Gasteiger partial charge in [-0.25, -0.2) is 4.79 Å². The molecule has 43 nitrogen and oxygen atoms in total. The third kappa shape index (κ3) is 18.6. The van der Waals surface area contributed by atoms with Gasteiger partial charge in [0.05, 0.1) is 71.0 Å². The molecular formula is C53H90N4O39. The molecule has 0 aliphatic carbocycles. The largest absolute Gasteiger partial charge is 0.477 e. The van der Waals surface area contributed by atoms with Crippen LogP contribution in [0.15, 0.2) is 0 Å². The van der Waals surface area contributed by atoms with Gasteiger partial charge in [0.15, 0.2) is 31.5 Å². The quantitative estimate of drug-likeness (QED) is 0.0318. The topological polar surface area (TPSA) is 689 Å². The lowest BCUT2D eigenvalue weighted by Gasteiger charge is -2.51. The molecule has 0 aromatic rings. The van der Waals surface area contributed by atoms with Crippen LogP contribution in [0.2, 0.25) is 0 Å². The summed E-state index contributed by atoms with van der Waals surface area (Å²) in [5, 5.41) is 248. The number of nitrogens with one attached hydrogen (secondary N) is 4. The van der Waals surface area contributed by atoms with E-state index in [0.29, 0.717) is 0 Å². The van der Waals surface area contributed by atoms with E-state index in [0.717, 1.165) is 27.7 Å². The van der Waals surface area contributed by atoms with Crippen LogP contribution in [0.3, 0.4) is 0 Å². The van der Waals surface area contributed by atoms with Gasteiger partial charge in [-0.2, -0.15) is 0 Å². The first-order valence-electron chi connectivity index (χ1n) is 30.2. The van der Waals surface area contributed by atoms with Gasteiger partial charge in [0.2, 0.25) is 23.6 Å². The molecule has 6 aliphatic rings. The minimum atomic E-state index is -3.02. The zero-order chi connectivity index (χ0) is 71.7. The summed E-state index contributed by atoms with van der Waals surface area (Å²) in [6, 6.07) is -7.04. The predicted octanol–water partition coefficient (Wildman–Crippen LogP) is -16.9. The fourth-order valence-corrected chi connectivity index (χ4v) is 11.8. The van der Waals surface area contributed by atoms with Crippen LogP contribution < -0.4 is 21.3 Å². The lowest BCUT2D eigenvalue weighted by molar-refractivity contribution is -0.384. The second kappa shape index (κ2) is 35.6. The Hall–Kier alpha value is -3.97. The maximum absolute atomic E-state index is 12.8. The van der Waals surface area contributed by atoms with Crippen molar-refractivity contribution in [3.05, 3.63) is 0 Å². The third-order valence-electron chi connectivity index (χ3n) is 16.8. The Morgan fingerprint density at radius 2 is 0.875 bits per heavy atom. The molecule has 43 heteroatoms. The van der Waals surface area contributed by atoms with Gasteiger partial charge in [-0.15, -0.1) is 0 Å². The van der Waals surface area contributed by atoms with Gasteiger partial charge >= 0.3 is 5.97 Å². The number of rotatable bonds is 30. The van der Waals surface area contributed by atoms with Crippen molar-refractivity contribution >= 4 is 29.6 Å². The summed E-state index contributed by atoms with van der Waals surface area (Å²) < 4.78 is 69.3.